The lowest BCUT2D eigenvalue weighted by atomic mass is 9.88. The van der Waals surface area contributed by atoms with Crippen LogP contribution in [-0.2, 0) is 25.7 Å². The van der Waals surface area contributed by atoms with E-state index in [1.54, 1.807) is 0 Å². The summed E-state index contributed by atoms with van der Waals surface area (Å²) >= 11 is 0. The Morgan fingerprint density at radius 3 is 1.19 bits per heavy atom. The molecule has 0 heterocycles. The first kappa shape index (κ1) is 20.1. The Kier molecular flexibility index (Phi) is 6.90. The topological polar surface area (TPSA) is 52.0 Å². The summed E-state index contributed by atoms with van der Waals surface area (Å²) in [5.41, 5.74) is 23.4. The Labute approximate surface area is 159 Å². The average molecular weight is 351 g/mol. The van der Waals surface area contributed by atoms with Crippen molar-refractivity contribution < 1.29 is 0 Å². The summed E-state index contributed by atoms with van der Waals surface area (Å²) in [4.78, 5) is 0. The highest BCUT2D eigenvalue weighted by molar-refractivity contribution is 5.83. The van der Waals surface area contributed by atoms with Gasteiger partial charge in [-0.3, -0.25) is 0 Å². The molecule has 26 heavy (non-hydrogen) atoms. The summed E-state index contributed by atoms with van der Waals surface area (Å²) in [5.74, 6) is 0. The average Bonchev–Trinajstić information content (AvgIpc) is 2.66. The van der Waals surface area contributed by atoms with Gasteiger partial charge in [0, 0.05) is 11.4 Å². The van der Waals surface area contributed by atoms with Crippen LogP contribution in [0, 0.1) is 0 Å². The van der Waals surface area contributed by atoms with Gasteiger partial charge in [-0.15, -0.1) is 0 Å². The molecule has 0 aliphatic heterocycles. The van der Waals surface area contributed by atoms with Crippen molar-refractivity contribution >= 4 is 16.9 Å². The Hall–Kier alpha value is -2.22. The molecule has 0 radical (unpaired) electrons. The van der Waals surface area contributed by atoms with Crippen LogP contribution in [0.4, 0.5) is 11.4 Å². The Bertz CT molecular complexity index is 686. The third kappa shape index (κ3) is 3.95. The van der Waals surface area contributed by atoms with E-state index in [1.807, 2.05) is 0 Å². The van der Waals surface area contributed by atoms with Crippen molar-refractivity contribution in [3.05, 3.63) is 63.7 Å². The molecule has 0 saturated heterocycles. The molecule has 0 aliphatic carbocycles. The Morgan fingerprint density at radius 2 is 0.962 bits per heavy atom. The molecule has 2 nitrogen and oxygen atoms in total. The maximum Gasteiger partial charge on any atom is 0.0379 e. The van der Waals surface area contributed by atoms with E-state index >= 15 is 0 Å². The monoisotopic (exact) mass is 350 g/mol. The first-order chi connectivity index (χ1) is 12.5. The largest absolute Gasteiger partial charge is 0.398 e. The zero-order chi connectivity index (χ0) is 19.3. The molecule has 0 saturated carbocycles. The second-order valence-electron chi connectivity index (χ2n) is 6.86. The summed E-state index contributed by atoms with van der Waals surface area (Å²) < 4.78 is 0. The molecular formula is C24H34N2. The van der Waals surface area contributed by atoms with E-state index in [0.29, 0.717) is 0 Å². The first-order valence-electron chi connectivity index (χ1n) is 10.0. The van der Waals surface area contributed by atoms with E-state index in [0.717, 1.165) is 43.5 Å². The Morgan fingerprint density at radius 1 is 0.654 bits per heavy atom. The van der Waals surface area contributed by atoms with Crippen molar-refractivity contribution in [3.8, 4) is 0 Å². The zero-order valence-corrected chi connectivity index (χ0v) is 17.1. The number of rotatable bonds is 7. The number of nitrogens with two attached hydrogens (primary N) is 2. The lowest BCUT2D eigenvalue weighted by Crippen LogP contribution is -2.04. The SMILES string of the molecule is CCC=C(c1cc(CC)c(N)c(CC)c1)c1cc(CC)c(N)c(CC)c1. The second kappa shape index (κ2) is 8.93. The number of allylic oxidation sites excluding steroid dienone is 1. The van der Waals surface area contributed by atoms with Crippen LogP contribution in [0.1, 0.15) is 74.4 Å². The van der Waals surface area contributed by atoms with Gasteiger partial charge in [0.1, 0.15) is 0 Å². The van der Waals surface area contributed by atoms with Crippen LogP contribution >= 0.6 is 0 Å². The number of hydrogen-bond acceptors (Lipinski definition) is 2. The molecule has 2 heteroatoms. The smallest absolute Gasteiger partial charge is 0.0379 e. The third-order valence-corrected chi connectivity index (χ3v) is 5.26. The van der Waals surface area contributed by atoms with Crippen molar-refractivity contribution in [3.63, 3.8) is 0 Å². The zero-order valence-electron chi connectivity index (χ0n) is 17.1. The molecule has 0 atom stereocenters. The number of hydrogen-bond donors (Lipinski definition) is 2. The van der Waals surface area contributed by atoms with Crippen LogP contribution in [0.15, 0.2) is 30.3 Å². The number of aryl methyl sites for hydroxylation is 4. The van der Waals surface area contributed by atoms with Gasteiger partial charge in [0.25, 0.3) is 0 Å². The van der Waals surface area contributed by atoms with Gasteiger partial charge in [-0.25, -0.2) is 0 Å². The molecule has 2 aromatic rings. The molecule has 0 amide bonds. The molecule has 4 N–H and O–H groups in total. The molecule has 0 fully saturated rings. The summed E-state index contributed by atoms with van der Waals surface area (Å²) in [6.07, 6.45) is 7.13. The van der Waals surface area contributed by atoms with Crippen molar-refractivity contribution in [1.82, 2.24) is 0 Å². The van der Waals surface area contributed by atoms with Gasteiger partial charge in [0.15, 0.2) is 0 Å². The quantitative estimate of drug-likeness (QED) is 0.607. The molecule has 0 spiro atoms. The highest BCUT2D eigenvalue weighted by Crippen LogP contribution is 2.33. The minimum Gasteiger partial charge on any atom is -0.398 e. The summed E-state index contributed by atoms with van der Waals surface area (Å²) in [6, 6.07) is 9.07. The molecule has 0 unspecified atom stereocenters. The Balaban J connectivity index is 2.70. The highest BCUT2D eigenvalue weighted by atomic mass is 14.6. The molecule has 0 aromatic heterocycles. The van der Waals surface area contributed by atoms with Crippen molar-refractivity contribution in [2.24, 2.45) is 0 Å². The second-order valence-corrected chi connectivity index (χ2v) is 6.86. The molecule has 2 aromatic carbocycles. The van der Waals surface area contributed by atoms with Crippen LogP contribution < -0.4 is 11.5 Å². The molecule has 0 aliphatic rings. The lowest BCUT2D eigenvalue weighted by molar-refractivity contribution is 1.08. The summed E-state index contributed by atoms with van der Waals surface area (Å²) in [5, 5.41) is 0. The van der Waals surface area contributed by atoms with E-state index in [1.165, 1.54) is 39.0 Å². The van der Waals surface area contributed by atoms with E-state index in [-0.39, 0.29) is 0 Å². The van der Waals surface area contributed by atoms with E-state index in [9.17, 15) is 0 Å². The number of nitrogen functional groups attached to an aromatic ring is 2. The van der Waals surface area contributed by atoms with E-state index in [4.69, 9.17) is 11.5 Å². The van der Waals surface area contributed by atoms with Crippen LogP contribution in [0.3, 0.4) is 0 Å². The van der Waals surface area contributed by atoms with Gasteiger partial charge in [0.05, 0.1) is 0 Å². The van der Waals surface area contributed by atoms with E-state index < -0.39 is 0 Å². The highest BCUT2D eigenvalue weighted by Gasteiger charge is 2.13. The van der Waals surface area contributed by atoms with Crippen molar-refractivity contribution in [1.29, 1.82) is 0 Å². The molecule has 140 valence electrons. The first-order valence-corrected chi connectivity index (χ1v) is 10.0. The fourth-order valence-electron chi connectivity index (χ4n) is 3.65. The van der Waals surface area contributed by atoms with Crippen molar-refractivity contribution in [2.75, 3.05) is 11.5 Å². The predicted molar refractivity (Wildman–Crippen MR) is 117 cm³/mol. The third-order valence-electron chi connectivity index (χ3n) is 5.26. The minimum atomic E-state index is 0.953. The maximum atomic E-state index is 6.36. The van der Waals surface area contributed by atoms with E-state index in [2.05, 4.69) is 65.0 Å². The maximum absolute atomic E-state index is 6.36. The van der Waals surface area contributed by atoms with Gasteiger partial charge in [-0.05, 0) is 95.3 Å². The van der Waals surface area contributed by atoms with Gasteiger partial charge in [-0.2, -0.15) is 0 Å². The van der Waals surface area contributed by atoms with Crippen LogP contribution in [-0.4, -0.2) is 0 Å². The summed E-state index contributed by atoms with van der Waals surface area (Å²) in [6.45, 7) is 10.9. The van der Waals surface area contributed by atoms with Crippen LogP contribution in [0.5, 0.6) is 0 Å². The van der Waals surface area contributed by atoms with Gasteiger partial charge in [-0.1, -0.05) is 40.7 Å². The summed E-state index contributed by atoms with van der Waals surface area (Å²) in [7, 11) is 0. The molecule has 0 bridgehead atoms. The number of anilines is 2. The number of benzene rings is 2. The fraction of sp³-hybridized carbons (Fsp3) is 0.417. The van der Waals surface area contributed by atoms with Gasteiger partial charge in [0.2, 0.25) is 0 Å². The molecule has 2 rings (SSSR count). The standard InChI is InChI=1S/C24H34N2/c1-6-11-22(20-12-16(7-2)23(25)17(8-3)13-20)21-14-18(9-4)24(26)19(10-5)15-21/h11-15H,6-10,25-26H2,1-5H3. The van der Waals surface area contributed by atoms with Crippen molar-refractivity contribution in [2.45, 2.75) is 66.7 Å². The van der Waals surface area contributed by atoms with Gasteiger partial charge < -0.3 is 11.5 Å². The molecular weight excluding hydrogens is 316 g/mol. The minimum absolute atomic E-state index is 0.953. The van der Waals surface area contributed by atoms with Crippen LogP contribution in [0.2, 0.25) is 0 Å². The normalized spacial score (nSPS) is 10.8. The lowest BCUT2D eigenvalue weighted by Gasteiger charge is -2.18. The fourth-order valence-corrected chi connectivity index (χ4v) is 3.65. The van der Waals surface area contributed by atoms with Crippen LogP contribution in [0.25, 0.3) is 5.57 Å². The van der Waals surface area contributed by atoms with Gasteiger partial charge >= 0.3 is 0 Å². The predicted octanol–water partition coefficient (Wildman–Crippen LogP) is 5.94.